The summed E-state index contributed by atoms with van der Waals surface area (Å²) in [5, 5.41) is 6.19. The summed E-state index contributed by atoms with van der Waals surface area (Å²) < 4.78 is 0. The molecule has 0 atom stereocenters. The molecular formula is C15H23N3O. The van der Waals surface area contributed by atoms with Gasteiger partial charge in [-0.15, -0.1) is 0 Å². The van der Waals surface area contributed by atoms with Crippen molar-refractivity contribution in [3.05, 3.63) is 29.8 Å². The van der Waals surface area contributed by atoms with Gasteiger partial charge in [0.25, 0.3) is 5.91 Å². The molecule has 1 amide bonds. The Morgan fingerprint density at radius 2 is 2.11 bits per heavy atom. The predicted octanol–water partition coefficient (Wildman–Crippen LogP) is 1.94. The number of anilines is 1. The largest absolute Gasteiger partial charge is 0.382 e. The molecule has 2 rings (SSSR count). The van der Waals surface area contributed by atoms with Crippen LogP contribution in [-0.2, 0) is 0 Å². The van der Waals surface area contributed by atoms with Gasteiger partial charge in [-0.2, -0.15) is 0 Å². The molecule has 1 aromatic carbocycles. The Labute approximate surface area is 115 Å². The summed E-state index contributed by atoms with van der Waals surface area (Å²) in [7, 11) is 1.66. The van der Waals surface area contributed by atoms with Crippen molar-refractivity contribution in [1.82, 2.24) is 10.2 Å². The summed E-state index contributed by atoms with van der Waals surface area (Å²) in [4.78, 5) is 14.1. The Kier molecular flexibility index (Phi) is 4.80. The monoisotopic (exact) mass is 261 g/mol. The zero-order chi connectivity index (χ0) is 13.7. The average molecular weight is 261 g/mol. The smallest absolute Gasteiger partial charge is 0.251 e. The lowest BCUT2D eigenvalue weighted by Crippen LogP contribution is -2.38. The van der Waals surface area contributed by atoms with Crippen LogP contribution in [0.3, 0.4) is 0 Å². The zero-order valence-corrected chi connectivity index (χ0v) is 11.8. The van der Waals surface area contributed by atoms with E-state index in [0.29, 0.717) is 11.6 Å². The van der Waals surface area contributed by atoms with Crippen LogP contribution in [0.25, 0.3) is 0 Å². The van der Waals surface area contributed by atoms with Gasteiger partial charge in [-0.05, 0) is 37.6 Å². The molecule has 4 nitrogen and oxygen atoms in total. The highest BCUT2D eigenvalue weighted by Crippen LogP contribution is 2.17. The lowest BCUT2D eigenvalue weighted by molar-refractivity contribution is 0.0963. The van der Waals surface area contributed by atoms with Gasteiger partial charge in [-0.25, -0.2) is 0 Å². The third-order valence-corrected chi connectivity index (χ3v) is 3.76. The van der Waals surface area contributed by atoms with Crippen molar-refractivity contribution in [2.45, 2.75) is 25.8 Å². The highest BCUT2D eigenvalue weighted by molar-refractivity contribution is 5.94. The van der Waals surface area contributed by atoms with E-state index in [1.807, 2.05) is 24.3 Å². The maximum Gasteiger partial charge on any atom is 0.251 e. The molecule has 1 aliphatic rings. The number of likely N-dealkylation sites (tertiary alicyclic amines) is 1. The molecule has 0 saturated carbocycles. The van der Waals surface area contributed by atoms with Gasteiger partial charge in [-0.1, -0.05) is 13.0 Å². The molecule has 104 valence electrons. The quantitative estimate of drug-likeness (QED) is 0.870. The van der Waals surface area contributed by atoms with Crippen LogP contribution in [0.4, 0.5) is 5.69 Å². The zero-order valence-electron chi connectivity index (χ0n) is 11.8. The Morgan fingerprint density at radius 3 is 2.74 bits per heavy atom. The number of carbonyl (C=O) groups excluding carboxylic acids is 1. The highest BCUT2D eigenvalue weighted by Gasteiger charge is 2.17. The minimum absolute atomic E-state index is 0.0375. The summed E-state index contributed by atoms with van der Waals surface area (Å²) in [5.74, 6) is -0.0375. The number of rotatable bonds is 4. The third-order valence-electron chi connectivity index (χ3n) is 3.76. The van der Waals surface area contributed by atoms with Crippen molar-refractivity contribution in [3.63, 3.8) is 0 Å². The minimum atomic E-state index is -0.0375. The Morgan fingerprint density at radius 1 is 1.37 bits per heavy atom. The number of hydrogen-bond acceptors (Lipinski definition) is 3. The molecule has 2 N–H and O–H groups in total. The molecule has 4 heteroatoms. The third kappa shape index (κ3) is 3.70. The first kappa shape index (κ1) is 13.9. The Bertz CT molecular complexity index is 425. The number of nitrogens with zero attached hydrogens (tertiary/aromatic N) is 1. The van der Waals surface area contributed by atoms with Crippen LogP contribution in [0.1, 0.15) is 30.1 Å². The molecule has 0 aromatic heterocycles. The maximum absolute atomic E-state index is 11.6. The van der Waals surface area contributed by atoms with Crippen molar-refractivity contribution >= 4 is 11.6 Å². The summed E-state index contributed by atoms with van der Waals surface area (Å²) >= 11 is 0. The van der Waals surface area contributed by atoms with E-state index in [1.165, 1.54) is 0 Å². The molecule has 1 saturated heterocycles. The second-order valence-electron chi connectivity index (χ2n) is 5.01. The van der Waals surface area contributed by atoms with Gasteiger partial charge in [0.2, 0.25) is 0 Å². The molecule has 0 radical (unpaired) electrons. The first-order valence-corrected chi connectivity index (χ1v) is 7.04. The van der Waals surface area contributed by atoms with Crippen LogP contribution in [0.2, 0.25) is 0 Å². The van der Waals surface area contributed by atoms with Gasteiger partial charge in [-0.3, -0.25) is 4.79 Å². The van der Waals surface area contributed by atoms with Crippen molar-refractivity contribution in [2.75, 3.05) is 32.0 Å². The van der Waals surface area contributed by atoms with Gasteiger partial charge < -0.3 is 15.5 Å². The summed E-state index contributed by atoms with van der Waals surface area (Å²) in [6, 6.07) is 8.23. The topological polar surface area (TPSA) is 44.4 Å². The summed E-state index contributed by atoms with van der Waals surface area (Å²) in [6.07, 6.45) is 2.33. The molecule has 0 spiro atoms. The predicted molar refractivity (Wildman–Crippen MR) is 78.6 cm³/mol. The van der Waals surface area contributed by atoms with Crippen molar-refractivity contribution in [2.24, 2.45) is 0 Å². The fraction of sp³-hybridized carbons (Fsp3) is 0.533. The van der Waals surface area contributed by atoms with E-state index in [2.05, 4.69) is 22.5 Å². The maximum atomic E-state index is 11.6. The van der Waals surface area contributed by atoms with Crippen LogP contribution in [0.15, 0.2) is 24.3 Å². The van der Waals surface area contributed by atoms with Gasteiger partial charge in [0, 0.05) is 37.4 Å². The first-order chi connectivity index (χ1) is 9.22. The first-order valence-electron chi connectivity index (χ1n) is 7.04. The number of carbonyl (C=O) groups is 1. The number of benzene rings is 1. The molecular weight excluding hydrogens is 238 g/mol. The van der Waals surface area contributed by atoms with E-state index in [1.54, 1.807) is 7.05 Å². The van der Waals surface area contributed by atoms with E-state index in [-0.39, 0.29) is 5.91 Å². The normalized spacial score (nSPS) is 17.2. The second-order valence-corrected chi connectivity index (χ2v) is 5.01. The molecule has 1 aromatic rings. The van der Waals surface area contributed by atoms with Gasteiger partial charge in [0.15, 0.2) is 0 Å². The molecule has 1 heterocycles. The van der Waals surface area contributed by atoms with Crippen LogP contribution in [0.5, 0.6) is 0 Å². The number of amides is 1. The van der Waals surface area contributed by atoms with E-state index in [9.17, 15) is 4.79 Å². The Hall–Kier alpha value is -1.55. The Balaban J connectivity index is 1.94. The van der Waals surface area contributed by atoms with Crippen molar-refractivity contribution in [3.8, 4) is 0 Å². The number of nitrogens with one attached hydrogen (secondary N) is 2. The van der Waals surface area contributed by atoms with E-state index < -0.39 is 0 Å². The van der Waals surface area contributed by atoms with E-state index >= 15 is 0 Å². The lowest BCUT2D eigenvalue weighted by Gasteiger charge is -2.32. The second kappa shape index (κ2) is 6.57. The summed E-state index contributed by atoms with van der Waals surface area (Å²) in [6.45, 7) is 5.66. The number of piperidine rings is 1. The van der Waals surface area contributed by atoms with E-state index in [0.717, 1.165) is 38.2 Å². The van der Waals surface area contributed by atoms with Gasteiger partial charge in [0.1, 0.15) is 0 Å². The highest BCUT2D eigenvalue weighted by atomic mass is 16.1. The molecule has 19 heavy (non-hydrogen) atoms. The van der Waals surface area contributed by atoms with Gasteiger partial charge >= 0.3 is 0 Å². The minimum Gasteiger partial charge on any atom is -0.382 e. The van der Waals surface area contributed by atoms with Gasteiger partial charge in [0.05, 0.1) is 0 Å². The average Bonchev–Trinajstić information content (AvgIpc) is 2.47. The number of hydrogen-bond donors (Lipinski definition) is 2. The van der Waals surface area contributed by atoms with Crippen LogP contribution < -0.4 is 10.6 Å². The lowest BCUT2D eigenvalue weighted by atomic mass is 10.0. The van der Waals surface area contributed by atoms with Crippen LogP contribution >= 0.6 is 0 Å². The molecule has 1 aliphatic heterocycles. The summed E-state index contributed by atoms with van der Waals surface area (Å²) in [5.41, 5.74) is 1.74. The van der Waals surface area contributed by atoms with Crippen LogP contribution in [-0.4, -0.2) is 43.5 Å². The van der Waals surface area contributed by atoms with Crippen LogP contribution in [0, 0.1) is 0 Å². The molecule has 0 bridgehead atoms. The molecule has 1 fully saturated rings. The standard InChI is InChI=1S/C15H23N3O/c1-3-18-9-7-13(8-10-18)17-14-6-4-5-12(11-14)15(19)16-2/h4-6,11,13,17H,3,7-10H2,1-2H3,(H,16,19). The van der Waals surface area contributed by atoms with Crippen molar-refractivity contribution < 1.29 is 4.79 Å². The molecule has 0 unspecified atom stereocenters. The fourth-order valence-corrected chi connectivity index (χ4v) is 2.52. The van der Waals surface area contributed by atoms with E-state index in [4.69, 9.17) is 0 Å². The van der Waals surface area contributed by atoms with Crippen molar-refractivity contribution in [1.29, 1.82) is 0 Å². The molecule has 0 aliphatic carbocycles. The fourth-order valence-electron chi connectivity index (χ4n) is 2.52. The SMILES string of the molecule is CCN1CCC(Nc2cccc(C(=O)NC)c2)CC1.